The van der Waals surface area contributed by atoms with Crippen molar-refractivity contribution < 1.29 is 14.3 Å². The van der Waals surface area contributed by atoms with Crippen molar-refractivity contribution in [3.8, 4) is 0 Å². The molecule has 0 radical (unpaired) electrons. The summed E-state index contributed by atoms with van der Waals surface area (Å²) in [6.07, 6.45) is 2.33. The van der Waals surface area contributed by atoms with Crippen LogP contribution in [0.2, 0.25) is 0 Å². The van der Waals surface area contributed by atoms with E-state index >= 15 is 0 Å². The van der Waals surface area contributed by atoms with Gasteiger partial charge in [-0.3, -0.25) is 4.79 Å². The van der Waals surface area contributed by atoms with Crippen LogP contribution < -0.4 is 21.7 Å². The third kappa shape index (κ3) is 5.04. The van der Waals surface area contributed by atoms with E-state index in [0.29, 0.717) is 30.3 Å². The van der Waals surface area contributed by atoms with Gasteiger partial charge in [0, 0.05) is 43.0 Å². The Morgan fingerprint density at radius 1 is 1.28 bits per heavy atom. The molecule has 2 aliphatic rings. The van der Waals surface area contributed by atoms with Gasteiger partial charge in [-0.25, -0.2) is 9.97 Å². The summed E-state index contributed by atoms with van der Waals surface area (Å²) < 4.78 is 11.3. The van der Waals surface area contributed by atoms with Crippen LogP contribution >= 0.6 is 11.3 Å². The molecule has 0 unspecified atom stereocenters. The van der Waals surface area contributed by atoms with Crippen LogP contribution in [-0.2, 0) is 22.3 Å². The Morgan fingerprint density at radius 3 is 2.92 bits per heavy atom. The molecule has 1 saturated heterocycles. The molecule has 1 aliphatic carbocycles. The van der Waals surface area contributed by atoms with Gasteiger partial charge in [0.25, 0.3) is 5.91 Å². The van der Waals surface area contributed by atoms with Gasteiger partial charge >= 0.3 is 0 Å². The number of nitrogens with zero attached hydrogens (tertiary/aromatic N) is 3. The number of carbonyl (C=O) groups is 1. The molecule has 5 rings (SSSR count). The predicted octanol–water partition coefficient (Wildman–Crippen LogP) is 2.44. The third-order valence-electron chi connectivity index (χ3n) is 6.97. The van der Waals surface area contributed by atoms with E-state index in [1.54, 1.807) is 7.11 Å². The number of methoxy groups -OCH3 is 1. The van der Waals surface area contributed by atoms with E-state index in [1.807, 2.05) is 26.0 Å². The molecular formula is C26H34N6O3S. The van der Waals surface area contributed by atoms with Crippen LogP contribution in [0.3, 0.4) is 0 Å². The number of anilines is 2. The number of nitrogens with two attached hydrogens (primary N) is 2. The van der Waals surface area contributed by atoms with E-state index in [9.17, 15) is 4.79 Å². The molecule has 10 heteroatoms. The number of hydrogen-bond acceptors (Lipinski definition) is 9. The fourth-order valence-electron chi connectivity index (χ4n) is 5.11. The molecule has 9 nitrogen and oxygen atoms in total. The van der Waals surface area contributed by atoms with Crippen LogP contribution in [0, 0.1) is 6.92 Å². The average molecular weight is 511 g/mol. The first kappa shape index (κ1) is 24.9. The first-order chi connectivity index (χ1) is 17.3. The highest BCUT2D eigenvalue weighted by Gasteiger charge is 2.33. The smallest absolute Gasteiger partial charge is 0.263 e. The van der Waals surface area contributed by atoms with Gasteiger partial charge in [-0.15, -0.1) is 11.3 Å². The third-order valence-corrected chi connectivity index (χ3v) is 8.08. The number of aryl methyl sites for hydroxylation is 2. The molecule has 192 valence electrons. The number of hydrogen-bond donors (Lipinski definition) is 3. The Kier molecular flexibility index (Phi) is 7.11. The van der Waals surface area contributed by atoms with E-state index in [2.05, 4.69) is 27.3 Å². The minimum absolute atomic E-state index is 0.00192. The van der Waals surface area contributed by atoms with Gasteiger partial charge < -0.3 is 31.2 Å². The number of ether oxygens (including phenoxy) is 2. The largest absolute Gasteiger partial charge is 0.397 e. The summed E-state index contributed by atoms with van der Waals surface area (Å²) in [4.78, 5) is 26.0. The first-order valence-electron chi connectivity index (χ1n) is 12.4. The van der Waals surface area contributed by atoms with Crippen molar-refractivity contribution in [2.75, 3.05) is 37.4 Å². The van der Waals surface area contributed by atoms with E-state index in [-0.39, 0.29) is 30.2 Å². The Balaban J connectivity index is 1.23. The van der Waals surface area contributed by atoms with Crippen molar-refractivity contribution in [2.24, 2.45) is 5.73 Å². The molecule has 1 aliphatic heterocycles. The number of fused-ring (bicyclic) bond motifs is 2. The highest BCUT2D eigenvalue weighted by molar-refractivity contribution is 7.21. The standard InChI is InChI=1S/C26H34N6O3S/c1-14-4-7-18-23(28)24(36-26(18)29-14)25(33)30-17-6-8-20-16(10-17)5-9-22(31-20)32-11-19(27)21(12-32)35-15(2)13-34-3/h4-5,7,9,15,17,19,21H,6,8,10-13,27-28H2,1-3H3,(H,30,33)/t15-,17+,19-,21-/m1/s1. The van der Waals surface area contributed by atoms with E-state index < -0.39 is 0 Å². The number of pyridine rings is 2. The Bertz CT molecular complexity index is 1260. The number of amides is 1. The van der Waals surface area contributed by atoms with Crippen molar-refractivity contribution >= 4 is 39.0 Å². The average Bonchev–Trinajstić information content (AvgIpc) is 3.38. The zero-order chi connectivity index (χ0) is 25.4. The summed E-state index contributed by atoms with van der Waals surface area (Å²) in [6, 6.07) is 8.00. The molecule has 5 N–H and O–H groups in total. The van der Waals surface area contributed by atoms with Gasteiger partial charge in [0.2, 0.25) is 0 Å². The number of nitrogen functional groups attached to an aromatic ring is 1. The number of nitrogens with one attached hydrogen (secondary N) is 1. The second-order valence-electron chi connectivity index (χ2n) is 9.85. The van der Waals surface area contributed by atoms with Crippen molar-refractivity contribution in [1.82, 2.24) is 15.3 Å². The maximum atomic E-state index is 13.0. The Hall–Kier alpha value is -2.79. The SMILES string of the molecule is COC[C@@H](C)O[C@@H]1CN(c2ccc3c(n2)CC[C@H](NC(=O)c2sc4nc(C)ccc4c2N)C3)C[C@H]1N. The lowest BCUT2D eigenvalue weighted by Crippen LogP contribution is -2.39. The number of carbonyl (C=O) groups excluding carboxylic acids is 1. The van der Waals surface area contributed by atoms with Crippen LogP contribution in [0.5, 0.6) is 0 Å². The Labute approximate surface area is 215 Å². The summed E-state index contributed by atoms with van der Waals surface area (Å²) in [5.41, 5.74) is 16.3. The summed E-state index contributed by atoms with van der Waals surface area (Å²) in [5, 5.41) is 4.02. The molecule has 36 heavy (non-hydrogen) atoms. The van der Waals surface area contributed by atoms with Gasteiger partial charge in [-0.2, -0.15) is 0 Å². The van der Waals surface area contributed by atoms with Crippen LogP contribution in [0.25, 0.3) is 10.2 Å². The van der Waals surface area contributed by atoms with Crippen LogP contribution in [0.4, 0.5) is 11.5 Å². The Morgan fingerprint density at radius 2 is 2.11 bits per heavy atom. The van der Waals surface area contributed by atoms with Crippen molar-refractivity contribution in [2.45, 2.75) is 57.4 Å². The summed E-state index contributed by atoms with van der Waals surface area (Å²) >= 11 is 1.35. The first-order valence-corrected chi connectivity index (χ1v) is 13.2. The molecule has 4 atom stereocenters. The van der Waals surface area contributed by atoms with Gasteiger partial charge in [-0.1, -0.05) is 6.07 Å². The molecule has 3 aromatic rings. The van der Waals surface area contributed by atoms with Crippen molar-refractivity contribution in [1.29, 1.82) is 0 Å². The van der Waals surface area contributed by atoms with Crippen LogP contribution in [-0.4, -0.2) is 67.0 Å². The number of rotatable bonds is 7. The lowest BCUT2D eigenvalue weighted by Gasteiger charge is -2.26. The van der Waals surface area contributed by atoms with Crippen molar-refractivity contribution in [3.05, 3.63) is 46.1 Å². The van der Waals surface area contributed by atoms with Crippen molar-refractivity contribution in [3.63, 3.8) is 0 Å². The molecule has 0 saturated carbocycles. The molecule has 0 bridgehead atoms. The van der Waals surface area contributed by atoms with Gasteiger partial charge in [-0.05, 0) is 56.9 Å². The predicted molar refractivity (Wildman–Crippen MR) is 143 cm³/mol. The summed E-state index contributed by atoms with van der Waals surface area (Å²) in [6.45, 7) is 5.90. The van der Waals surface area contributed by atoms with Crippen LogP contribution in [0.15, 0.2) is 24.3 Å². The highest BCUT2D eigenvalue weighted by atomic mass is 32.1. The molecule has 0 spiro atoms. The highest BCUT2D eigenvalue weighted by Crippen LogP contribution is 2.33. The molecule has 0 aromatic carbocycles. The van der Waals surface area contributed by atoms with E-state index in [4.69, 9.17) is 25.9 Å². The maximum absolute atomic E-state index is 13.0. The number of thiophene rings is 1. The van der Waals surface area contributed by atoms with E-state index in [1.165, 1.54) is 16.9 Å². The van der Waals surface area contributed by atoms with Gasteiger partial charge in [0.15, 0.2) is 0 Å². The molecule has 3 aromatic heterocycles. The lowest BCUT2D eigenvalue weighted by atomic mass is 9.91. The second kappa shape index (κ2) is 10.3. The maximum Gasteiger partial charge on any atom is 0.263 e. The topological polar surface area (TPSA) is 129 Å². The second-order valence-corrected chi connectivity index (χ2v) is 10.8. The minimum Gasteiger partial charge on any atom is -0.397 e. The minimum atomic E-state index is -0.133. The van der Waals surface area contributed by atoms with Gasteiger partial charge in [0.05, 0.1) is 30.5 Å². The molecular weight excluding hydrogens is 476 g/mol. The normalized spacial score (nSPS) is 22.6. The zero-order valence-electron chi connectivity index (χ0n) is 21.0. The van der Waals surface area contributed by atoms with Gasteiger partial charge in [0.1, 0.15) is 15.5 Å². The molecule has 4 heterocycles. The van der Waals surface area contributed by atoms with E-state index in [0.717, 1.165) is 46.7 Å². The lowest BCUT2D eigenvalue weighted by molar-refractivity contribution is -0.0348. The fourth-order valence-corrected chi connectivity index (χ4v) is 6.15. The summed E-state index contributed by atoms with van der Waals surface area (Å²) in [7, 11) is 1.67. The quantitative estimate of drug-likeness (QED) is 0.442. The van der Waals surface area contributed by atoms with Crippen LogP contribution in [0.1, 0.15) is 40.0 Å². The summed E-state index contributed by atoms with van der Waals surface area (Å²) in [5.74, 6) is 0.795. The molecule has 1 amide bonds. The number of aromatic nitrogens is 2. The fraction of sp³-hybridized carbons (Fsp3) is 0.500. The monoisotopic (exact) mass is 510 g/mol. The molecule has 1 fully saturated rings. The zero-order valence-corrected chi connectivity index (χ0v) is 21.8.